The number of nitro groups is 4. The second-order valence-electron chi connectivity index (χ2n) is 7.59. The molecule has 0 N–H and O–H groups in total. The largest absolute Gasteiger partial charge is 0.456 e. The van der Waals surface area contributed by atoms with E-state index in [0.29, 0.717) is 22.3 Å². The van der Waals surface area contributed by atoms with Crippen LogP contribution in [0.3, 0.4) is 0 Å². The van der Waals surface area contributed by atoms with Crippen LogP contribution in [0, 0.1) is 40.5 Å². The average molecular weight is 502 g/mol. The fourth-order valence-electron chi connectivity index (χ4n) is 3.54. The van der Waals surface area contributed by atoms with Crippen LogP contribution in [-0.4, -0.2) is 19.7 Å². The minimum Gasteiger partial charge on any atom is -0.456 e. The molecule has 0 aromatic heterocycles. The molecule has 37 heavy (non-hydrogen) atoms. The molecule has 0 aliphatic carbocycles. The summed E-state index contributed by atoms with van der Waals surface area (Å²) in [6, 6.07) is 18.3. The second-order valence-corrected chi connectivity index (χ2v) is 7.59. The molecule has 13 heteroatoms. The molecule has 4 rings (SSSR count). The van der Waals surface area contributed by atoms with Crippen molar-refractivity contribution in [3.05, 3.63) is 125 Å². The first-order valence-electron chi connectivity index (χ1n) is 10.4. The van der Waals surface area contributed by atoms with Crippen molar-refractivity contribution in [3.63, 3.8) is 0 Å². The first-order valence-corrected chi connectivity index (χ1v) is 10.4. The van der Waals surface area contributed by atoms with Gasteiger partial charge in [0, 0.05) is 47.5 Å². The zero-order chi connectivity index (χ0) is 26.7. The Hall–Kier alpha value is -5.72. The first-order chi connectivity index (χ1) is 17.6. The lowest BCUT2D eigenvalue weighted by molar-refractivity contribution is -0.385. The van der Waals surface area contributed by atoms with Gasteiger partial charge in [-0.15, -0.1) is 0 Å². The van der Waals surface area contributed by atoms with Crippen molar-refractivity contribution in [2.24, 2.45) is 0 Å². The van der Waals surface area contributed by atoms with E-state index in [0.717, 1.165) is 12.1 Å². The van der Waals surface area contributed by atoms with E-state index in [1.54, 1.807) is 0 Å². The lowest BCUT2D eigenvalue weighted by atomic mass is 10.0. The highest BCUT2D eigenvalue weighted by atomic mass is 16.6. The molecule has 0 heterocycles. The van der Waals surface area contributed by atoms with Gasteiger partial charge in [-0.05, 0) is 47.5 Å². The van der Waals surface area contributed by atoms with Crippen LogP contribution in [0.2, 0.25) is 0 Å². The quantitative estimate of drug-likeness (QED) is 0.193. The van der Waals surface area contributed by atoms with Gasteiger partial charge in [0.15, 0.2) is 0 Å². The predicted molar refractivity (Wildman–Crippen MR) is 130 cm³/mol. The minimum atomic E-state index is -0.642. The van der Waals surface area contributed by atoms with Crippen molar-refractivity contribution in [1.82, 2.24) is 0 Å². The smallest absolute Gasteiger partial charge is 0.273 e. The number of nitro benzene ring substituents is 4. The summed E-state index contributed by atoms with van der Waals surface area (Å²) in [5.74, 6) is -0.0709. The molecule has 0 atom stereocenters. The second kappa shape index (κ2) is 9.87. The summed E-state index contributed by atoms with van der Waals surface area (Å²) in [6.07, 6.45) is 0. The molecule has 4 aromatic rings. The minimum absolute atomic E-state index is 0.0355. The molecule has 4 aromatic carbocycles. The Morgan fingerprint density at radius 2 is 0.730 bits per heavy atom. The van der Waals surface area contributed by atoms with E-state index in [-0.39, 0.29) is 34.2 Å². The van der Waals surface area contributed by atoms with Crippen LogP contribution in [-0.2, 0) is 0 Å². The number of hydrogen-bond donors (Lipinski definition) is 0. The molecule has 0 saturated heterocycles. The highest BCUT2D eigenvalue weighted by molar-refractivity contribution is 5.77. The molecule has 184 valence electrons. The van der Waals surface area contributed by atoms with Crippen molar-refractivity contribution in [3.8, 4) is 33.8 Å². The van der Waals surface area contributed by atoms with E-state index in [1.165, 1.54) is 72.8 Å². The third-order valence-corrected chi connectivity index (χ3v) is 5.35. The SMILES string of the molecule is O=[N+]([O-])c1ccc(-c2ccc([N+](=O)[O-])cc2Oc2cc([N+](=O)[O-])ccc2-c2ccc([N+](=O)[O-])cc2)cc1. The normalized spacial score (nSPS) is 10.5. The van der Waals surface area contributed by atoms with Crippen molar-refractivity contribution in [2.45, 2.75) is 0 Å². The van der Waals surface area contributed by atoms with Crippen LogP contribution < -0.4 is 4.74 Å². The summed E-state index contributed by atoms with van der Waals surface area (Å²) >= 11 is 0. The van der Waals surface area contributed by atoms with Crippen LogP contribution in [0.4, 0.5) is 22.7 Å². The van der Waals surface area contributed by atoms with Gasteiger partial charge in [0.1, 0.15) is 11.5 Å². The molecule has 0 fully saturated rings. The van der Waals surface area contributed by atoms with Gasteiger partial charge in [0.05, 0.1) is 31.8 Å². The van der Waals surface area contributed by atoms with Crippen LogP contribution >= 0.6 is 0 Å². The zero-order valence-corrected chi connectivity index (χ0v) is 18.5. The van der Waals surface area contributed by atoms with Crippen molar-refractivity contribution in [1.29, 1.82) is 0 Å². The van der Waals surface area contributed by atoms with E-state index in [4.69, 9.17) is 4.74 Å². The highest BCUT2D eigenvalue weighted by Crippen LogP contribution is 2.41. The lowest BCUT2D eigenvalue weighted by Crippen LogP contribution is -1.96. The lowest BCUT2D eigenvalue weighted by Gasteiger charge is -2.15. The molecular weight excluding hydrogens is 488 g/mol. The zero-order valence-electron chi connectivity index (χ0n) is 18.5. The van der Waals surface area contributed by atoms with Gasteiger partial charge < -0.3 is 4.74 Å². The maximum absolute atomic E-state index is 11.4. The summed E-state index contributed by atoms with van der Waals surface area (Å²) in [5, 5.41) is 44.9. The molecule has 13 nitrogen and oxygen atoms in total. The van der Waals surface area contributed by atoms with Crippen LogP contribution in [0.15, 0.2) is 84.9 Å². The Bertz CT molecular complexity index is 1430. The third-order valence-electron chi connectivity index (χ3n) is 5.35. The highest BCUT2D eigenvalue weighted by Gasteiger charge is 2.20. The van der Waals surface area contributed by atoms with Crippen molar-refractivity contribution in [2.75, 3.05) is 0 Å². The Labute approximate surface area is 206 Å². The number of rotatable bonds is 8. The van der Waals surface area contributed by atoms with E-state index in [9.17, 15) is 40.5 Å². The molecular formula is C24H14N4O9. The Morgan fingerprint density at radius 3 is 1.03 bits per heavy atom. The number of non-ortho nitro benzene ring substituents is 4. The van der Waals surface area contributed by atoms with Gasteiger partial charge in [0.2, 0.25) is 0 Å². The van der Waals surface area contributed by atoms with Crippen molar-refractivity contribution < 1.29 is 24.4 Å². The number of hydrogen-bond acceptors (Lipinski definition) is 9. The van der Waals surface area contributed by atoms with Crippen LogP contribution in [0.5, 0.6) is 11.5 Å². The molecule has 0 saturated carbocycles. The average Bonchev–Trinajstić information content (AvgIpc) is 2.88. The Kier molecular flexibility index (Phi) is 6.51. The standard InChI is InChI=1S/C24H14N4O9/c29-25(30)17-5-1-15(2-6-17)21-11-9-19(27(33)34)13-23(21)37-24-14-20(28(35)36)10-12-22(24)16-3-7-18(8-4-16)26(31)32/h1-14H. The van der Waals surface area contributed by atoms with Gasteiger partial charge in [0.25, 0.3) is 22.7 Å². The van der Waals surface area contributed by atoms with Crippen LogP contribution in [0.25, 0.3) is 22.3 Å². The summed E-state index contributed by atoms with van der Waals surface area (Å²) in [7, 11) is 0. The molecule has 0 radical (unpaired) electrons. The van der Waals surface area contributed by atoms with Gasteiger partial charge in [-0.3, -0.25) is 40.5 Å². The molecule has 0 unspecified atom stereocenters. The van der Waals surface area contributed by atoms with E-state index < -0.39 is 19.7 Å². The fraction of sp³-hybridized carbons (Fsp3) is 0. The topological polar surface area (TPSA) is 182 Å². The van der Waals surface area contributed by atoms with E-state index >= 15 is 0 Å². The van der Waals surface area contributed by atoms with Gasteiger partial charge in [-0.25, -0.2) is 0 Å². The number of benzene rings is 4. The number of nitrogens with zero attached hydrogens (tertiary/aromatic N) is 4. The molecule has 0 aliphatic heterocycles. The number of ether oxygens (including phenoxy) is 1. The van der Waals surface area contributed by atoms with Gasteiger partial charge >= 0.3 is 0 Å². The van der Waals surface area contributed by atoms with E-state index in [2.05, 4.69) is 0 Å². The predicted octanol–water partition coefficient (Wildman–Crippen LogP) is 6.45. The summed E-state index contributed by atoms with van der Waals surface area (Å²) in [4.78, 5) is 42.4. The molecule has 0 spiro atoms. The van der Waals surface area contributed by atoms with Crippen molar-refractivity contribution >= 4 is 22.7 Å². The Balaban J connectivity index is 1.86. The summed E-state index contributed by atoms with van der Waals surface area (Å²) in [6.45, 7) is 0. The monoisotopic (exact) mass is 502 g/mol. The third kappa shape index (κ3) is 5.19. The molecule has 0 aliphatic rings. The van der Waals surface area contributed by atoms with Gasteiger partial charge in [-0.2, -0.15) is 0 Å². The Morgan fingerprint density at radius 1 is 0.432 bits per heavy atom. The van der Waals surface area contributed by atoms with Gasteiger partial charge in [-0.1, -0.05) is 0 Å². The van der Waals surface area contributed by atoms with E-state index in [1.807, 2.05) is 0 Å². The summed E-state index contributed by atoms with van der Waals surface area (Å²) in [5.41, 5.74) is 0.601. The maximum atomic E-state index is 11.4. The van der Waals surface area contributed by atoms with Crippen LogP contribution in [0.1, 0.15) is 0 Å². The maximum Gasteiger partial charge on any atom is 0.273 e. The molecule has 0 bridgehead atoms. The summed E-state index contributed by atoms with van der Waals surface area (Å²) < 4.78 is 6.01. The first kappa shape index (κ1) is 24.4. The molecule has 0 amide bonds. The fourth-order valence-corrected chi connectivity index (χ4v) is 3.54.